The van der Waals surface area contributed by atoms with Gasteiger partial charge in [-0.2, -0.15) is 0 Å². The Balaban J connectivity index is 1.70. The largest absolute Gasteiger partial charge is 0.457 e. The highest BCUT2D eigenvalue weighted by molar-refractivity contribution is 7.92. The van der Waals surface area contributed by atoms with Gasteiger partial charge in [-0.15, -0.1) is 0 Å². The number of carbonyl (C=O) groups excluding carboxylic acids is 2. The lowest BCUT2D eigenvalue weighted by molar-refractivity contribution is -0.139. The van der Waals surface area contributed by atoms with Gasteiger partial charge in [-0.05, 0) is 74.9 Å². The first-order valence-corrected chi connectivity index (χ1v) is 15.8. The summed E-state index contributed by atoms with van der Waals surface area (Å²) in [4.78, 5) is 28.2. The van der Waals surface area contributed by atoms with Crippen LogP contribution in [-0.2, 0) is 26.2 Å². The van der Waals surface area contributed by atoms with E-state index in [2.05, 4.69) is 5.32 Å². The number of hydrogen-bond donors (Lipinski definition) is 1. The van der Waals surface area contributed by atoms with Crippen LogP contribution in [0.4, 0.5) is 10.1 Å². The molecule has 230 valence electrons. The van der Waals surface area contributed by atoms with E-state index < -0.39 is 40.2 Å². The van der Waals surface area contributed by atoms with Gasteiger partial charge in [0, 0.05) is 18.7 Å². The molecule has 4 rings (SSSR count). The molecule has 4 aromatic rings. The lowest BCUT2D eigenvalue weighted by Crippen LogP contribution is -2.51. The van der Waals surface area contributed by atoms with Gasteiger partial charge >= 0.3 is 0 Å². The van der Waals surface area contributed by atoms with Gasteiger partial charge in [0.2, 0.25) is 11.8 Å². The van der Waals surface area contributed by atoms with Crippen molar-refractivity contribution < 1.29 is 27.1 Å². The Kier molecular flexibility index (Phi) is 10.7. The number of hydrogen-bond acceptors (Lipinski definition) is 5. The number of para-hydroxylation sites is 1. The van der Waals surface area contributed by atoms with Gasteiger partial charge in [0.15, 0.2) is 0 Å². The Morgan fingerprint density at radius 3 is 2.11 bits per heavy atom. The number of halogens is 1. The number of nitrogens with one attached hydrogen (secondary N) is 1. The minimum absolute atomic E-state index is 0.00472. The topological polar surface area (TPSA) is 96.0 Å². The van der Waals surface area contributed by atoms with Crippen LogP contribution in [0.1, 0.15) is 31.4 Å². The van der Waals surface area contributed by atoms with Crippen molar-refractivity contribution in [3.63, 3.8) is 0 Å². The van der Waals surface area contributed by atoms with Gasteiger partial charge in [0.05, 0.1) is 10.6 Å². The van der Waals surface area contributed by atoms with Gasteiger partial charge in [-0.25, -0.2) is 12.8 Å². The highest BCUT2D eigenvalue weighted by Gasteiger charge is 2.33. The van der Waals surface area contributed by atoms with Crippen LogP contribution in [-0.4, -0.2) is 44.3 Å². The average Bonchev–Trinajstić information content (AvgIpc) is 3.02. The molecule has 0 heterocycles. The van der Waals surface area contributed by atoms with E-state index in [0.717, 1.165) is 9.87 Å². The third-order valence-electron chi connectivity index (χ3n) is 7.01. The van der Waals surface area contributed by atoms with E-state index in [1.165, 1.54) is 42.2 Å². The normalized spacial score (nSPS) is 11.8. The molecule has 0 aliphatic carbocycles. The second-order valence-electron chi connectivity index (χ2n) is 10.3. The first kappa shape index (κ1) is 32.2. The Morgan fingerprint density at radius 1 is 0.864 bits per heavy atom. The van der Waals surface area contributed by atoms with E-state index in [1.807, 2.05) is 32.0 Å². The second kappa shape index (κ2) is 14.7. The maximum absolute atomic E-state index is 14.7. The Labute approximate surface area is 258 Å². The van der Waals surface area contributed by atoms with Crippen molar-refractivity contribution in [3.8, 4) is 11.5 Å². The molecule has 0 aromatic heterocycles. The van der Waals surface area contributed by atoms with Crippen LogP contribution in [0.15, 0.2) is 108 Å². The molecule has 44 heavy (non-hydrogen) atoms. The number of benzene rings is 4. The van der Waals surface area contributed by atoms with Crippen LogP contribution in [0.2, 0.25) is 0 Å². The molecule has 1 N–H and O–H groups in total. The van der Waals surface area contributed by atoms with Gasteiger partial charge < -0.3 is 15.0 Å². The van der Waals surface area contributed by atoms with Gasteiger partial charge in [0.1, 0.15) is 29.9 Å². The number of nitrogens with zero attached hydrogens (tertiary/aromatic N) is 2. The van der Waals surface area contributed by atoms with Gasteiger partial charge in [-0.3, -0.25) is 13.9 Å². The van der Waals surface area contributed by atoms with E-state index in [1.54, 1.807) is 54.6 Å². The maximum Gasteiger partial charge on any atom is 0.264 e. The van der Waals surface area contributed by atoms with E-state index in [9.17, 15) is 22.4 Å². The number of anilines is 1. The summed E-state index contributed by atoms with van der Waals surface area (Å²) in [6.07, 6.45) is 0.687. The third kappa shape index (κ3) is 8.02. The average molecular weight is 618 g/mol. The second-order valence-corrected chi connectivity index (χ2v) is 12.2. The minimum Gasteiger partial charge on any atom is -0.457 e. The molecule has 0 aliphatic rings. The highest BCUT2D eigenvalue weighted by Crippen LogP contribution is 2.29. The lowest BCUT2D eigenvalue weighted by atomic mass is 10.1. The van der Waals surface area contributed by atoms with E-state index >= 15 is 0 Å². The predicted molar refractivity (Wildman–Crippen MR) is 168 cm³/mol. The Hall–Kier alpha value is -4.70. The predicted octanol–water partition coefficient (Wildman–Crippen LogP) is 6.07. The standard InChI is InChI=1S/C34H36FN3O5S/c1-4-22-36-34(40)26(3)37(23-27-10-8-9-13-32(27)35)33(39)24-38(44(41,42)31-20-14-25(2)15-21-31)28-16-18-30(19-17-28)43-29-11-6-5-7-12-29/h5-21,26H,4,22-24H2,1-3H3,(H,36,40)/t26-/m0/s1. The van der Waals surface area contributed by atoms with Crippen molar-refractivity contribution in [2.75, 3.05) is 17.4 Å². The van der Waals surface area contributed by atoms with Crippen molar-refractivity contribution >= 4 is 27.5 Å². The molecule has 0 unspecified atom stereocenters. The summed E-state index contributed by atoms with van der Waals surface area (Å²) < 4.78 is 49.6. The molecule has 1 atom stereocenters. The zero-order chi connectivity index (χ0) is 31.7. The molecule has 0 spiro atoms. The number of sulfonamides is 1. The summed E-state index contributed by atoms with van der Waals surface area (Å²) in [7, 11) is -4.24. The summed E-state index contributed by atoms with van der Waals surface area (Å²) in [5, 5.41) is 2.77. The molecule has 10 heteroatoms. The molecular formula is C34H36FN3O5S. The SMILES string of the molecule is CCCNC(=O)[C@H](C)N(Cc1ccccc1F)C(=O)CN(c1ccc(Oc2ccccc2)cc1)S(=O)(=O)c1ccc(C)cc1. The first-order valence-electron chi connectivity index (χ1n) is 14.3. The number of rotatable bonds is 13. The molecule has 2 amide bonds. The maximum atomic E-state index is 14.7. The molecule has 0 radical (unpaired) electrons. The molecule has 0 saturated carbocycles. The molecule has 4 aromatic carbocycles. The van der Waals surface area contributed by atoms with E-state index in [0.29, 0.717) is 24.5 Å². The minimum atomic E-state index is -4.24. The summed E-state index contributed by atoms with van der Waals surface area (Å²) in [5.41, 5.74) is 1.29. The van der Waals surface area contributed by atoms with Crippen molar-refractivity contribution in [2.45, 2.75) is 44.7 Å². The van der Waals surface area contributed by atoms with Gasteiger partial charge in [-0.1, -0.05) is 61.0 Å². The number of ether oxygens (including phenoxy) is 1. The summed E-state index contributed by atoms with van der Waals surface area (Å²) in [6.45, 7) is 4.82. The molecular weight excluding hydrogens is 581 g/mol. The monoisotopic (exact) mass is 617 g/mol. The fourth-order valence-electron chi connectivity index (χ4n) is 4.46. The number of aryl methyl sites for hydroxylation is 1. The van der Waals surface area contributed by atoms with Gasteiger partial charge in [0.25, 0.3) is 10.0 Å². The molecule has 0 aliphatic heterocycles. The fraction of sp³-hybridized carbons (Fsp3) is 0.235. The van der Waals surface area contributed by atoms with Crippen LogP contribution in [0.3, 0.4) is 0 Å². The van der Waals surface area contributed by atoms with Crippen molar-refractivity contribution in [1.29, 1.82) is 0 Å². The molecule has 0 saturated heterocycles. The summed E-state index contributed by atoms with van der Waals surface area (Å²) in [6, 6.07) is 26.7. The molecule has 0 bridgehead atoms. The number of amides is 2. The van der Waals surface area contributed by atoms with Crippen LogP contribution < -0.4 is 14.4 Å². The van der Waals surface area contributed by atoms with Crippen molar-refractivity contribution in [3.05, 3.63) is 120 Å². The van der Waals surface area contributed by atoms with Crippen molar-refractivity contribution in [2.24, 2.45) is 0 Å². The molecule has 8 nitrogen and oxygen atoms in total. The van der Waals surface area contributed by atoms with Crippen LogP contribution in [0, 0.1) is 12.7 Å². The first-order chi connectivity index (χ1) is 21.1. The highest BCUT2D eigenvalue weighted by atomic mass is 32.2. The third-order valence-corrected chi connectivity index (χ3v) is 8.79. The zero-order valence-corrected chi connectivity index (χ0v) is 25.8. The summed E-state index contributed by atoms with van der Waals surface area (Å²) >= 11 is 0. The van der Waals surface area contributed by atoms with Crippen LogP contribution in [0.25, 0.3) is 0 Å². The lowest BCUT2D eigenvalue weighted by Gasteiger charge is -2.32. The van der Waals surface area contributed by atoms with Crippen LogP contribution >= 0.6 is 0 Å². The number of carbonyl (C=O) groups is 2. The van der Waals surface area contributed by atoms with Crippen molar-refractivity contribution in [1.82, 2.24) is 10.2 Å². The fourth-order valence-corrected chi connectivity index (χ4v) is 5.87. The smallest absolute Gasteiger partial charge is 0.264 e. The zero-order valence-electron chi connectivity index (χ0n) is 24.9. The quantitative estimate of drug-likeness (QED) is 0.197. The summed E-state index contributed by atoms with van der Waals surface area (Å²) in [5.74, 6) is -0.552. The Morgan fingerprint density at radius 2 is 1.48 bits per heavy atom. The Bertz CT molecular complexity index is 1660. The van der Waals surface area contributed by atoms with Crippen LogP contribution in [0.5, 0.6) is 11.5 Å². The van der Waals surface area contributed by atoms with E-state index in [4.69, 9.17) is 4.74 Å². The van der Waals surface area contributed by atoms with E-state index in [-0.39, 0.29) is 22.7 Å². The molecule has 0 fully saturated rings.